The SMILES string of the molecule is CN=Cc1ccc2c(c1)OOC2. The molecule has 1 heterocycles. The van der Waals surface area contributed by atoms with Crippen molar-refractivity contribution in [1.82, 2.24) is 0 Å². The van der Waals surface area contributed by atoms with Gasteiger partial charge in [-0.15, -0.1) is 0 Å². The van der Waals surface area contributed by atoms with Gasteiger partial charge in [-0.25, -0.2) is 0 Å². The molecule has 0 atom stereocenters. The Morgan fingerprint density at radius 1 is 1.50 bits per heavy atom. The predicted octanol–water partition coefficient (Wildman–Crippen LogP) is 1.56. The largest absolute Gasteiger partial charge is 0.337 e. The molecule has 0 radical (unpaired) electrons. The lowest BCUT2D eigenvalue weighted by Gasteiger charge is -1.95. The number of hydrogen-bond donors (Lipinski definition) is 0. The van der Waals surface area contributed by atoms with Crippen LogP contribution in [0.5, 0.6) is 5.75 Å². The fraction of sp³-hybridized carbons (Fsp3) is 0.222. The Bertz CT molecular complexity index is 320. The molecular formula is C9H9NO2. The molecule has 3 nitrogen and oxygen atoms in total. The molecule has 1 aliphatic rings. The van der Waals surface area contributed by atoms with E-state index in [0.717, 1.165) is 16.9 Å². The first-order valence-electron chi connectivity index (χ1n) is 3.75. The van der Waals surface area contributed by atoms with Gasteiger partial charge in [0.2, 0.25) is 0 Å². The van der Waals surface area contributed by atoms with Gasteiger partial charge in [0, 0.05) is 18.8 Å². The van der Waals surface area contributed by atoms with Crippen LogP contribution in [0.2, 0.25) is 0 Å². The van der Waals surface area contributed by atoms with Crippen molar-refractivity contribution in [3.63, 3.8) is 0 Å². The zero-order chi connectivity index (χ0) is 8.39. The van der Waals surface area contributed by atoms with E-state index in [2.05, 4.69) is 4.99 Å². The molecule has 62 valence electrons. The standard InChI is InChI=1S/C9H9NO2/c1-10-5-7-2-3-8-6-11-12-9(8)4-7/h2-5H,6H2,1H3. The van der Waals surface area contributed by atoms with Crippen molar-refractivity contribution < 1.29 is 9.78 Å². The molecule has 0 amide bonds. The smallest absolute Gasteiger partial charge is 0.171 e. The molecule has 1 aromatic rings. The van der Waals surface area contributed by atoms with Crippen LogP contribution in [0.25, 0.3) is 0 Å². The molecule has 1 aromatic carbocycles. The fourth-order valence-corrected chi connectivity index (χ4v) is 1.15. The molecule has 0 aromatic heterocycles. The zero-order valence-corrected chi connectivity index (χ0v) is 6.78. The average Bonchev–Trinajstić information content (AvgIpc) is 2.51. The molecular weight excluding hydrogens is 154 g/mol. The maximum absolute atomic E-state index is 4.92. The quantitative estimate of drug-likeness (QED) is 0.464. The Morgan fingerprint density at radius 2 is 2.42 bits per heavy atom. The van der Waals surface area contributed by atoms with Crippen molar-refractivity contribution in [2.45, 2.75) is 6.61 Å². The lowest BCUT2D eigenvalue weighted by atomic mass is 10.1. The van der Waals surface area contributed by atoms with Gasteiger partial charge >= 0.3 is 0 Å². The monoisotopic (exact) mass is 163 g/mol. The van der Waals surface area contributed by atoms with Gasteiger partial charge in [-0.05, 0) is 11.6 Å². The summed E-state index contributed by atoms with van der Waals surface area (Å²) in [5, 5.41) is 0. The molecule has 2 rings (SSSR count). The summed E-state index contributed by atoms with van der Waals surface area (Å²) in [4.78, 5) is 13.6. The van der Waals surface area contributed by atoms with E-state index in [-0.39, 0.29) is 0 Å². The van der Waals surface area contributed by atoms with Crippen molar-refractivity contribution in [2.24, 2.45) is 4.99 Å². The van der Waals surface area contributed by atoms with E-state index in [1.165, 1.54) is 0 Å². The van der Waals surface area contributed by atoms with E-state index in [1.807, 2.05) is 18.2 Å². The summed E-state index contributed by atoms with van der Waals surface area (Å²) in [6.45, 7) is 0.541. The van der Waals surface area contributed by atoms with Crippen molar-refractivity contribution in [3.05, 3.63) is 29.3 Å². The van der Waals surface area contributed by atoms with Gasteiger partial charge < -0.3 is 4.89 Å². The molecule has 1 aliphatic heterocycles. The highest BCUT2D eigenvalue weighted by atomic mass is 17.2. The van der Waals surface area contributed by atoms with Crippen LogP contribution in [0.1, 0.15) is 11.1 Å². The van der Waals surface area contributed by atoms with E-state index < -0.39 is 0 Å². The average molecular weight is 163 g/mol. The van der Waals surface area contributed by atoms with Crippen LogP contribution < -0.4 is 4.89 Å². The third-order valence-corrected chi connectivity index (χ3v) is 1.73. The maximum Gasteiger partial charge on any atom is 0.171 e. The fourth-order valence-electron chi connectivity index (χ4n) is 1.15. The van der Waals surface area contributed by atoms with Crippen LogP contribution >= 0.6 is 0 Å². The Morgan fingerprint density at radius 3 is 3.25 bits per heavy atom. The number of hydrogen-bond acceptors (Lipinski definition) is 3. The first kappa shape index (κ1) is 7.31. The highest BCUT2D eigenvalue weighted by molar-refractivity contribution is 5.80. The number of nitrogens with zero attached hydrogens (tertiary/aromatic N) is 1. The highest BCUT2D eigenvalue weighted by Crippen LogP contribution is 2.26. The minimum absolute atomic E-state index is 0.541. The lowest BCUT2D eigenvalue weighted by Crippen LogP contribution is -1.84. The summed E-state index contributed by atoms with van der Waals surface area (Å²) >= 11 is 0. The van der Waals surface area contributed by atoms with E-state index in [1.54, 1.807) is 13.3 Å². The lowest BCUT2D eigenvalue weighted by molar-refractivity contribution is -0.194. The van der Waals surface area contributed by atoms with Crippen molar-refractivity contribution in [1.29, 1.82) is 0 Å². The van der Waals surface area contributed by atoms with Gasteiger partial charge in [-0.2, -0.15) is 4.89 Å². The topological polar surface area (TPSA) is 30.8 Å². The van der Waals surface area contributed by atoms with E-state index >= 15 is 0 Å². The molecule has 0 saturated carbocycles. The molecule has 0 saturated heterocycles. The van der Waals surface area contributed by atoms with Crippen molar-refractivity contribution >= 4 is 6.21 Å². The molecule has 0 spiro atoms. The zero-order valence-electron chi connectivity index (χ0n) is 6.78. The second-order valence-electron chi connectivity index (χ2n) is 2.60. The summed E-state index contributed by atoms with van der Waals surface area (Å²) in [6.07, 6.45) is 1.78. The van der Waals surface area contributed by atoms with E-state index in [9.17, 15) is 0 Å². The van der Waals surface area contributed by atoms with Crippen LogP contribution in [-0.2, 0) is 11.5 Å². The molecule has 0 fully saturated rings. The van der Waals surface area contributed by atoms with Gasteiger partial charge in [-0.1, -0.05) is 12.1 Å². The summed E-state index contributed by atoms with van der Waals surface area (Å²) in [5.74, 6) is 0.799. The summed E-state index contributed by atoms with van der Waals surface area (Å²) in [5.41, 5.74) is 2.12. The summed E-state index contributed by atoms with van der Waals surface area (Å²) in [7, 11) is 1.74. The van der Waals surface area contributed by atoms with Gasteiger partial charge in [0.25, 0.3) is 0 Å². The van der Waals surface area contributed by atoms with Gasteiger partial charge in [0.05, 0.1) is 0 Å². The summed E-state index contributed by atoms with van der Waals surface area (Å²) in [6, 6.07) is 5.89. The Balaban J connectivity index is 2.38. The molecule has 3 heteroatoms. The molecule has 12 heavy (non-hydrogen) atoms. The minimum Gasteiger partial charge on any atom is -0.337 e. The molecule has 0 unspecified atom stereocenters. The maximum atomic E-state index is 4.92. The number of aliphatic imine (C=N–C) groups is 1. The number of benzene rings is 1. The minimum atomic E-state index is 0.541. The van der Waals surface area contributed by atoms with Crippen molar-refractivity contribution in [3.8, 4) is 5.75 Å². The second-order valence-corrected chi connectivity index (χ2v) is 2.60. The van der Waals surface area contributed by atoms with Gasteiger partial charge in [0.1, 0.15) is 6.61 Å². The second kappa shape index (κ2) is 2.95. The Hall–Kier alpha value is -1.35. The normalized spacial score (nSPS) is 14.8. The number of fused-ring (bicyclic) bond motifs is 1. The Labute approximate surface area is 70.6 Å². The molecule has 0 N–H and O–H groups in total. The highest BCUT2D eigenvalue weighted by Gasteiger charge is 2.12. The van der Waals surface area contributed by atoms with Gasteiger partial charge in [-0.3, -0.25) is 4.99 Å². The van der Waals surface area contributed by atoms with Crippen LogP contribution in [0.15, 0.2) is 23.2 Å². The first-order valence-corrected chi connectivity index (χ1v) is 3.75. The van der Waals surface area contributed by atoms with Crippen LogP contribution in [-0.4, -0.2) is 13.3 Å². The van der Waals surface area contributed by atoms with Crippen LogP contribution in [0, 0.1) is 0 Å². The van der Waals surface area contributed by atoms with Crippen LogP contribution in [0.3, 0.4) is 0 Å². The third-order valence-electron chi connectivity index (χ3n) is 1.73. The molecule has 0 bridgehead atoms. The predicted molar refractivity (Wildman–Crippen MR) is 45.4 cm³/mol. The van der Waals surface area contributed by atoms with Crippen LogP contribution in [0.4, 0.5) is 0 Å². The third kappa shape index (κ3) is 1.19. The van der Waals surface area contributed by atoms with E-state index in [4.69, 9.17) is 9.78 Å². The number of rotatable bonds is 1. The molecule has 0 aliphatic carbocycles. The van der Waals surface area contributed by atoms with E-state index in [0.29, 0.717) is 6.61 Å². The van der Waals surface area contributed by atoms with Crippen molar-refractivity contribution in [2.75, 3.05) is 7.05 Å². The Kier molecular flexibility index (Phi) is 1.80. The van der Waals surface area contributed by atoms with Gasteiger partial charge in [0.15, 0.2) is 5.75 Å². The summed E-state index contributed by atoms with van der Waals surface area (Å²) < 4.78 is 0. The first-order chi connectivity index (χ1) is 5.90.